The lowest BCUT2D eigenvalue weighted by molar-refractivity contribution is 0.508. The lowest BCUT2D eigenvalue weighted by atomic mass is 10.2. The van der Waals surface area contributed by atoms with Crippen LogP contribution in [-0.4, -0.2) is 9.55 Å². The van der Waals surface area contributed by atoms with Gasteiger partial charge < -0.3 is 0 Å². The fourth-order valence-corrected chi connectivity index (χ4v) is 2.86. The standard InChI is InChI=1S/C15H10ClF2IN2/c1-8(16)15-20-13-6-9(19)2-5-14(13)21(15)10-3-4-11(17)12(18)7-10/h2-8H,1H3. The second kappa shape index (κ2) is 5.53. The van der Waals surface area contributed by atoms with Gasteiger partial charge in [0.2, 0.25) is 0 Å². The number of hydrogen-bond donors (Lipinski definition) is 0. The summed E-state index contributed by atoms with van der Waals surface area (Å²) >= 11 is 8.39. The van der Waals surface area contributed by atoms with Crippen LogP contribution < -0.4 is 0 Å². The predicted molar refractivity (Wildman–Crippen MR) is 88.0 cm³/mol. The minimum atomic E-state index is -0.895. The summed E-state index contributed by atoms with van der Waals surface area (Å²) in [7, 11) is 0. The lowest BCUT2D eigenvalue weighted by Gasteiger charge is -2.11. The lowest BCUT2D eigenvalue weighted by Crippen LogP contribution is -2.03. The summed E-state index contributed by atoms with van der Waals surface area (Å²) in [4.78, 5) is 4.51. The van der Waals surface area contributed by atoms with Crippen LogP contribution in [0.1, 0.15) is 18.1 Å². The quantitative estimate of drug-likeness (QED) is 0.413. The van der Waals surface area contributed by atoms with Gasteiger partial charge in [0.25, 0.3) is 0 Å². The molecule has 0 saturated carbocycles. The van der Waals surface area contributed by atoms with Crippen molar-refractivity contribution in [2.24, 2.45) is 0 Å². The summed E-state index contributed by atoms with van der Waals surface area (Å²) in [6, 6.07) is 9.52. The third kappa shape index (κ3) is 2.64. The maximum absolute atomic E-state index is 13.5. The molecule has 0 amide bonds. The van der Waals surface area contributed by atoms with Gasteiger partial charge in [-0.15, -0.1) is 11.6 Å². The molecule has 0 spiro atoms. The molecule has 2 aromatic carbocycles. The van der Waals surface area contributed by atoms with Crippen LogP contribution in [0.15, 0.2) is 36.4 Å². The number of nitrogens with zero attached hydrogens (tertiary/aromatic N) is 2. The first-order chi connectivity index (χ1) is 9.97. The van der Waals surface area contributed by atoms with Gasteiger partial charge in [0.05, 0.1) is 22.1 Å². The molecule has 0 radical (unpaired) electrons. The van der Waals surface area contributed by atoms with Crippen molar-refractivity contribution in [3.63, 3.8) is 0 Å². The molecule has 3 aromatic rings. The Balaban J connectivity index is 2.33. The molecule has 1 unspecified atom stereocenters. The first-order valence-corrected chi connectivity index (χ1v) is 7.76. The third-order valence-electron chi connectivity index (χ3n) is 3.16. The van der Waals surface area contributed by atoms with Crippen LogP contribution in [0.25, 0.3) is 16.7 Å². The molecule has 0 aliphatic heterocycles. The Morgan fingerprint density at radius 1 is 1.14 bits per heavy atom. The molecule has 0 aliphatic rings. The zero-order valence-electron chi connectivity index (χ0n) is 10.9. The molecule has 0 saturated heterocycles. The summed E-state index contributed by atoms with van der Waals surface area (Å²) in [6.07, 6.45) is 0. The van der Waals surface area contributed by atoms with Gasteiger partial charge in [-0.05, 0) is 59.8 Å². The molecule has 1 aromatic heterocycles. The van der Waals surface area contributed by atoms with Crippen molar-refractivity contribution in [1.29, 1.82) is 0 Å². The first-order valence-electron chi connectivity index (χ1n) is 6.25. The van der Waals surface area contributed by atoms with Crippen molar-refractivity contribution in [3.8, 4) is 5.69 Å². The Bertz CT molecular complexity index is 830. The summed E-state index contributed by atoms with van der Waals surface area (Å²) < 4.78 is 29.5. The van der Waals surface area contributed by atoms with E-state index in [1.54, 1.807) is 11.5 Å². The number of imidazole rings is 1. The largest absolute Gasteiger partial charge is 0.295 e. The molecule has 1 heterocycles. The predicted octanol–water partition coefficient (Wildman–Crippen LogP) is 5.21. The molecule has 2 nitrogen and oxygen atoms in total. The monoisotopic (exact) mass is 418 g/mol. The molecule has 0 N–H and O–H groups in total. The maximum atomic E-state index is 13.5. The van der Waals surface area contributed by atoms with Crippen LogP contribution in [0, 0.1) is 15.2 Å². The van der Waals surface area contributed by atoms with Crippen LogP contribution in [0.5, 0.6) is 0 Å². The van der Waals surface area contributed by atoms with Gasteiger partial charge in [-0.2, -0.15) is 0 Å². The van der Waals surface area contributed by atoms with E-state index in [0.29, 0.717) is 11.5 Å². The first kappa shape index (κ1) is 14.7. The van der Waals surface area contributed by atoms with Gasteiger partial charge in [-0.25, -0.2) is 13.8 Å². The average molecular weight is 419 g/mol. The van der Waals surface area contributed by atoms with Gasteiger partial charge in [-0.3, -0.25) is 4.57 Å². The van der Waals surface area contributed by atoms with Crippen molar-refractivity contribution in [3.05, 3.63) is 57.4 Å². The Morgan fingerprint density at radius 3 is 2.57 bits per heavy atom. The number of fused-ring (bicyclic) bond motifs is 1. The summed E-state index contributed by atoms with van der Waals surface area (Å²) in [5.41, 5.74) is 2.08. The van der Waals surface area contributed by atoms with Crippen molar-refractivity contribution >= 4 is 45.2 Å². The van der Waals surface area contributed by atoms with Gasteiger partial charge >= 0.3 is 0 Å². The third-order valence-corrected chi connectivity index (χ3v) is 4.03. The number of halogens is 4. The van der Waals surface area contributed by atoms with E-state index >= 15 is 0 Å². The van der Waals surface area contributed by atoms with E-state index in [-0.39, 0.29) is 5.38 Å². The van der Waals surface area contributed by atoms with Crippen LogP contribution in [0.3, 0.4) is 0 Å². The molecular weight excluding hydrogens is 409 g/mol. The van der Waals surface area contributed by atoms with E-state index in [0.717, 1.165) is 26.7 Å². The van der Waals surface area contributed by atoms with Crippen molar-refractivity contribution in [2.75, 3.05) is 0 Å². The highest BCUT2D eigenvalue weighted by atomic mass is 127. The zero-order chi connectivity index (χ0) is 15.1. The minimum absolute atomic E-state index is 0.358. The summed E-state index contributed by atoms with van der Waals surface area (Å²) in [6.45, 7) is 1.80. The second-order valence-corrected chi connectivity index (χ2v) is 6.55. The fourth-order valence-electron chi connectivity index (χ4n) is 2.23. The Kier molecular flexibility index (Phi) is 3.88. The van der Waals surface area contributed by atoms with Crippen LogP contribution in [0.2, 0.25) is 0 Å². The number of rotatable bonds is 2. The average Bonchev–Trinajstić information content (AvgIpc) is 2.80. The van der Waals surface area contributed by atoms with Gasteiger partial charge in [0.1, 0.15) is 5.82 Å². The minimum Gasteiger partial charge on any atom is -0.295 e. The van der Waals surface area contributed by atoms with E-state index in [4.69, 9.17) is 11.6 Å². The van der Waals surface area contributed by atoms with Crippen LogP contribution in [-0.2, 0) is 0 Å². The van der Waals surface area contributed by atoms with E-state index in [9.17, 15) is 8.78 Å². The van der Waals surface area contributed by atoms with Crippen molar-refractivity contribution < 1.29 is 8.78 Å². The van der Waals surface area contributed by atoms with E-state index in [1.165, 1.54) is 6.07 Å². The molecule has 108 valence electrons. The van der Waals surface area contributed by atoms with Gasteiger partial charge in [0, 0.05) is 9.64 Å². The normalized spacial score (nSPS) is 12.8. The number of alkyl halides is 1. The number of hydrogen-bond acceptors (Lipinski definition) is 1. The second-order valence-electron chi connectivity index (χ2n) is 4.65. The smallest absolute Gasteiger partial charge is 0.160 e. The molecule has 6 heteroatoms. The molecule has 0 aliphatic carbocycles. The van der Waals surface area contributed by atoms with E-state index in [2.05, 4.69) is 27.6 Å². The Morgan fingerprint density at radius 2 is 1.90 bits per heavy atom. The molecule has 3 rings (SSSR count). The highest BCUT2D eigenvalue weighted by Crippen LogP contribution is 2.29. The zero-order valence-corrected chi connectivity index (χ0v) is 13.9. The van der Waals surface area contributed by atoms with E-state index in [1.807, 2.05) is 18.2 Å². The van der Waals surface area contributed by atoms with Crippen LogP contribution in [0.4, 0.5) is 8.78 Å². The van der Waals surface area contributed by atoms with Gasteiger partial charge in [0.15, 0.2) is 11.6 Å². The maximum Gasteiger partial charge on any atom is 0.160 e. The molecule has 21 heavy (non-hydrogen) atoms. The van der Waals surface area contributed by atoms with Crippen LogP contribution >= 0.6 is 34.2 Å². The molecule has 0 fully saturated rings. The Labute approximate surface area is 138 Å². The molecule has 1 atom stereocenters. The SMILES string of the molecule is CC(Cl)c1nc2cc(I)ccc2n1-c1ccc(F)c(F)c1. The number of aromatic nitrogens is 2. The van der Waals surface area contributed by atoms with E-state index < -0.39 is 11.6 Å². The summed E-state index contributed by atoms with van der Waals surface area (Å²) in [5.74, 6) is -1.18. The molecule has 0 bridgehead atoms. The summed E-state index contributed by atoms with van der Waals surface area (Å²) in [5, 5.41) is -0.358. The highest BCUT2D eigenvalue weighted by Gasteiger charge is 2.17. The van der Waals surface area contributed by atoms with Crippen molar-refractivity contribution in [2.45, 2.75) is 12.3 Å². The fraction of sp³-hybridized carbons (Fsp3) is 0.133. The topological polar surface area (TPSA) is 17.8 Å². The molecular formula is C15H10ClF2IN2. The highest BCUT2D eigenvalue weighted by molar-refractivity contribution is 14.1. The Hall–Kier alpha value is -1.21. The van der Waals surface area contributed by atoms with Crippen molar-refractivity contribution in [1.82, 2.24) is 9.55 Å². The number of benzene rings is 2. The van der Waals surface area contributed by atoms with Gasteiger partial charge in [-0.1, -0.05) is 0 Å².